The smallest absolute Gasteiger partial charge is 0.277 e. The van der Waals surface area contributed by atoms with Gasteiger partial charge in [-0.15, -0.1) is 0 Å². The van der Waals surface area contributed by atoms with Crippen LogP contribution in [0.1, 0.15) is 29.0 Å². The van der Waals surface area contributed by atoms with Gasteiger partial charge < -0.3 is 11.1 Å². The van der Waals surface area contributed by atoms with Gasteiger partial charge in [-0.1, -0.05) is 29.8 Å². The third-order valence-corrected chi connectivity index (χ3v) is 2.79. The van der Waals surface area contributed by atoms with Crippen LogP contribution in [0, 0.1) is 0 Å². The number of carbonyl (C=O) groups excluding carboxylic acids is 1. The first-order valence-electron chi connectivity index (χ1n) is 5.23. The number of benzene rings is 1. The number of carbonyl (C=O) groups is 1. The van der Waals surface area contributed by atoms with Gasteiger partial charge in [0.1, 0.15) is 0 Å². The number of aromatic nitrogens is 2. The number of amides is 1. The number of rotatable bonds is 3. The van der Waals surface area contributed by atoms with Crippen molar-refractivity contribution in [3.8, 4) is 0 Å². The largest absolute Gasteiger partial charge is 0.379 e. The number of nitrogens with one attached hydrogen (secondary N) is 1. The molecule has 1 amide bonds. The highest BCUT2D eigenvalue weighted by Gasteiger charge is 2.19. The molecule has 2 rings (SSSR count). The summed E-state index contributed by atoms with van der Waals surface area (Å²) in [7, 11) is 0. The van der Waals surface area contributed by atoms with Crippen molar-refractivity contribution >= 4 is 23.3 Å². The number of hydrogen-bond donors (Lipinski definition) is 2. The van der Waals surface area contributed by atoms with E-state index in [0.717, 1.165) is 5.56 Å². The molecule has 0 unspecified atom stereocenters. The molecule has 0 aliphatic heterocycles. The molecule has 94 valence electrons. The zero-order valence-corrected chi connectivity index (χ0v) is 10.3. The Bertz CT molecular complexity index is 570. The summed E-state index contributed by atoms with van der Waals surface area (Å²) < 4.78 is 4.37. The van der Waals surface area contributed by atoms with Gasteiger partial charge in [-0.2, -0.15) is 0 Å². The SMILES string of the molecule is C[C@@H](NC(=O)c1nonc1N)c1ccccc1Cl. The Morgan fingerprint density at radius 3 is 2.78 bits per heavy atom. The molecule has 0 bridgehead atoms. The lowest BCUT2D eigenvalue weighted by molar-refractivity contribution is 0.0930. The summed E-state index contributed by atoms with van der Waals surface area (Å²) in [5, 5.41) is 10.1. The summed E-state index contributed by atoms with van der Waals surface area (Å²) in [6.07, 6.45) is 0. The fourth-order valence-corrected chi connectivity index (χ4v) is 1.82. The molecule has 0 spiro atoms. The third-order valence-electron chi connectivity index (χ3n) is 2.45. The Hall–Kier alpha value is -2.08. The fraction of sp³-hybridized carbons (Fsp3) is 0.182. The second-order valence-corrected chi connectivity index (χ2v) is 4.12. The van der Waals surface area contributed by atoms with E-state index in [-0.39, 0.29) is 17.6 Å². The number of hydrogen-bond acceptors (Lipinski definition) is 5. The molecule has 7 heteroatoms. The van der Waals surface area contributed by atoms with Crippen LogP contribution in [0.25, 0.3) is 0 Å². The van der Waals surface area contributed by atoms with E-state index < -0.39 is 5.91 Å². The quantitative estimate of drug-likeness (QED) is 0.883. The van der Waals surface area contributed by atoms with E-state index in [0.29, 0.717) is 5.02 Å². The number of nitrogen functional groups attached to an aromatic ring is 1. The summed E-state index contributed by atoms with van der Waals surface area (Å²) in [5.74, 6) is -0.500. The van der Waals surface area contributed by atoms with Gasteiger partial charge in [0, 0.05) is 5.02 Å². The summed E-state index contributed by atoms with van der Waals surface area (Å²) in [5.41, 5.74) is 6.21. The highest BCUT2D eigenvalue weighted by atomic mass is 35.5. The number of anilines is 1. The van der Waals surface area contributed by atoms with Gasteiger partial charge in [0.15, 0.2) is 0 Å². The van der Waals surface area contributed by atoms with Crippen LogP contribution in [0.2, 0.25) is 5.02 Å². The minimum atomic E-state index is -0.457. The molecule has 0 saturated heterocycles. The molecule has 1 aromatic heterocycles. The molecule has 0 fully saturated rings. The molecule has 1 aromatic carbocycles. The maximum Gasteiger partial charge on any atom is 0.277 e. The van der Waals surface area contributed by atoms with E-state index in [1.54, 1.807) is 6.07 Å². The molecule has 1 atom stereocenters. The molecule has 3 N–H and O–H groups in total. The molecule has 1 heterocycles. The molecule has 0 saturated carbocycles. The minimum Gasteiger partial charge on any atom is -0.379 e. The fourth-order valence-electron chi connectivity index (χ4n) is 1.52. The lowest BCUT2D eigenvalue weighted by atomic mass is 10.1. The summed E-state index contributed by atoms with van der Waals surface area (Å²) in [6.45, 7) is 1.81. The van der Waals surface area contributed by atoms with Crippen LogP contribution < -0.4 is 11.1 Å². The predicted octanol–water partition coefficient (Wildman–Crippen LogP) is 1.80. The van der Waals surface area contributed by atoms with Crippen LogP contribution in [0.15, 0.2) is 28.9 Å². The monoisotopic (exact) mass is 266 g/mol. The maximum absolute atomic E-state index is 11.8. The summed E-state index contributed by atoms with van der Waals surface area (Å²) in [4.78, 5) is 11.8. The molecule has 18 heavy (non-hydrogen) atoms. The Labute approximate surface area is 108 Å². The van der Waals surface area contributed by atoms with Crippen LogP contribution in [0.3, 0.4) is 0 Å². The summed E-state index contributed by atoms with van der Waals surface area (Å²) >= 11 is 6.04. The first kappa shape index (κ1) is 12.4. The first-order valence-corrected chi connectivity index (χ1v) is 5.60. The molecule has 2 aromatic rings. The van der Waals surface area contributed by atoms with Crippen molar-refractivity contribution < 1.29 is 9.42 Å². The van der Waals surface area contributed by atoms with Crippen LogP contribution in [-0.2, 0) is 0 Å². The van der Waals surface area contributed by atoms with Gasteiger partial charge in [-0.3, -0.25) is 4.79 Å². The lowest BCUT2D eigenvalue weighted by Gasteiger charge is -2.14. The second kappa shape index (κ2) is 5.05. The van der Waals surface area contributed by atoms with E-state index in [2.05, 4.69) is 20.3 Å². The van der Waals surface area contributed by atoms with Crippen LogP contribution in [0.5, 0.6) is 0 Å². The normalized spacial score (nSPS) is 12.1. The Kier molecular flexibility index (Phi) is 3.47. The van der Waals surface area contributed by atoms with Crippen LogP contribution in [0.4, 0.5) is 5.82 Å². The first-order chi connectivity index (χ1) is 8.59. The molecular weight excluding hydrogens is 256 g/mol. The topological polar surface area (TPSA) is 94.0 Å². The predicted molar refractivity (Wildman–Crippen MR) is 66.0 cm³/mol. The van der Waals surface area contributed by atoms with Crippen molar-refractivity contribution in [2.45, 2.75) is 13.0 Å². The van der Waals surface area contributed by atoms with Crippen molar-refractivity contribution in [2.75, 3.05) is 5.73 Å². The Morgan fingerprint density at radius 2 is 2.17 bits per heavy atom. The highest BCUT2D eigenvalue weighted by Crippen LogP contribution is 2.22. The maximum atomic E-state index is 11.8. The van der Waals surface area contributed by atoms with Gasteiger partial charge in [0.25, 0.3) is 5.91 Å². The lowest BCUT2D eigenvalue weighted by Crippen LogP contribution is -2.27. The molecule has 6 nitrogen and oxygen atoms in total. The zero-order valence-electron chi connectivity index (χ0n) is 9.55. The van der Waals surface area contributed by atoms with Gasteiger partial charge in [-0.05, 0) is 28.9 Å². The Balaban J connectivity index is 2.13. The zero-order chi connectivity index (χ0) is 13.1. The molecule has 0 aliphatic rings. The minimum absolute atomic E-state index is 0.0334. The van der Waals surface area contributed by atoms with Crippen molar-refractivity contribution in [1.82, 2.24) is 15.6 Å². The standard InChI is InChI=1S/C11H11ClN4O2/c1-6(7-4-2-3-5-8(7)12)14-11(17)9-10(13)16-18-15-9/h2-6H,1H3,(H2,13,16)(H,14,17)/t6-/m1/s1. The van der Waals surface area contributed by atoms with Gasteiger partial charge in [0.05, 0.1) is 6.04 Å². The number of nitrogens with two attached hydrogens (primary N) is 1. The molecular formula is C11H11ClN4O2. The van der Waals surface area contributed by atoms with E-state index in [9.17, 15) is 4.79 Å². The van der Waals surface area contributed by atoms with Gasteiger partial charge >= 0.3 is 0 Å². The molecule has 0 aliphatic carbocycles. The van der Waals surface area contributed by atoms with Crippen molar-refractivity contribution in [3.05, 3.63) is 40.5 Å². The third kappa shape index (κ3) is 2.43. The van der Waals surface area contributed by atoms with Crippen molar-refractivity contribution in [3.63, 3.8) is 0 Å². The van der Waals surface area contributed by atoms with Gasteiger partial charge in [0.2, 0.25) is 11.5 Å². The van der Waals surface area contributed by atoms with E-state index >= 15 is 0 Å². The molecule has 0 radical (unpaired) electrons. The number of nitrogens with zero attached hydrogens (tertiary/aromatic N) is 2. The van der Waals surface area contributed by atoms with E-state index in [1.165, 1.54) is 0 Å². The van der Waals surface area contributed by atoms with Crippen molar-refractivity contribution in [1.29, 1.82) is 0 Å². The van der Waals surface area contributed by atoms with Crippen LogP contribution in [-0.4, -0.2) is 16.2 Å². The number of halogens is 1. The Morgan fingerprint density at radius 1 is 1.44 bits per heavy atom. The van der Waals surface area contributed by atoms with E-state index in [4.69, 9.17) is 17.3 Å². The second-order valence-electron chi connectivity index (χ2n) is 3.71. The average Bonchev–Trinajstić information content (AvgIpc) is 2.76. The van der Waals surface area contributed by atoms with Crippen LogP contribution >= 0.6 is 11.6 Å². The highest BCUT2D eigenvalue weighted by molar-refractivity contribution is 6.31. The summed E-state index contributed by atoms with van der Waals surface area (Å²) in [6, 6.07) is 6.97. The van der Waals surface area contributed by atoms with Gasteiger partial charge in [-0.25, -0.2) is 4.63 Å². The van der Waals surface area contributed by atoms with Crippen molar-refractivity contribution in [2.24, 2.45) is 0 Å². The average molecular weight is 267 g/mol. The van der Waals surface area contributed by atoms with E-state index in [1.807, 2.05) is 25.1 Å².